The molecule has 0 radical (unpaired) electrons. The number of aromatic nitrogens is 1. The molecular weight excluding hydrogens is 426 g/mol. The number of allylic oxidation sites excluding steroid dienone is 1. The predicted octanol–water partition coefficient (Wildman–Crippen LogP) is 1.30. The molecule has 1 atom stereocenters. The van der Waals surface area contributed by atoms with Crippen molar-refractivity contribution in [3.05, 3.63) is 72.1 Å². The Kier molecular flexibility index (Phi) is 7.32. The second-order valence-electron chi connectivity index (χ2n) is 9.15. The molecular formula is C26H35N7O. The number of hydrazone groups is 1. The van der Waals surface area contributed by atoms with Gasteiger partial charge in [0, 0.05) is 75.9 Å². The fourth-order valence-corrected chi connectivity index (χ4v) is 4.90. The molecule has 0 amide bonds. The summed E-state index contributed by atoms with van der Waals surface area (Å²) in [6, 6.07) is 14.6. The normalized spacial score (nSPS) is 24.9. The minimum atomic E-state index is -0.590. The third kappa shape index (κ3) is 5.06. The van der Waals surface area contributed by atoms with Gasteiger partial charge < -0.3 is 9.64 Å². The van der Waals surface area contributed by atoms with Gasteiger partial charge in [0.15, 0.2) is 5.79 Å². The van der Waals surface area contributed by atoms with Gasteiger partial charge in [0.2, 0.25) is 0 Å². The molecule has 2 fully saturated rings. The van der Waals surface area contributed by atoms with E-state index in [9.17, 15) is 0 Å². The molecule has 34 heavy (non-hydrogen) atoms. The number of ether oxygens (including phenoxy) is 1. The first-order valence-electron chi connectivity index (χ1n) is 12.3. The maximum Gasteiger partial charge on any atom is 0.189 e. The molecule has 0 bridgehead atoms. The number of nitrogens with one attached hydrogen (secondary N) is 2. The second-order valence-corrected chi connectivity index (χ2v) is 9.15. The summed E-state index contributed by atoms with van der Waals surface area (Å²) in [7, 11) is 2.19. The van der Waals surface area contributed by atoms with Gasteiger partial charge in [-0.2, -0.15) is 5.10 Å². The van der Waals surface area contributed by atoms with Crippen LogP contribution in [-0.4, -0.2) is 104 Å². The standard InChI is InChI=1S/C26H35N7O/c1-31-13-15-33(16-14-31)26(28-11-12-32-17-19-34-20-18-32)24(22-7-9-27-10-8-22)21-25(29-30-26)23-5-3-2-4-6-23/h2-10,21,28,30H,11-20H2,1H3. The monoisotopic (exact) mass is 461 g/mol. The highest BCUT2D eigenvalue weighted by molar-refractivity contribution is 6.13. The lowest BCUT2D eigenvalue weighted by Gasteiger charge is -2.50. The van der Waals surface area contributed by atoms with Crippen LogP contribution in [0.15, 0.2) is 66.0 Å². The first kappa shape index (κ1) is 23.1. The number of pyridine rings is 1. The van der Waals surface area contributed by atoms with E-state index in [4.69, 9.17) is 9.84 Å². The summed E-state index contributed by atoms with van der Waals surface area (Å²) in [5.74, 6) is -0.590. The number of hydrogen-bond acceptors (Lipinski definition) is 8. The molecule has 5 rings (SSSR count). The highest BCUT2D eigenvalue weighted by Gasteiger charge is 2.43. The van der Waals surface area contributed by atoms with E-state index < -0.39 is 5.79 Å². The molecule has 4 heterocycles. The first-order chi connectivity index (χ1) is 16.7. The lowest BCUT2D eigenvalue weighted by atomic mass is 9.93. The van der Waals surface area contributed by atoms with Crippen LogP contribution in [0.2, 0.25) is 0 Å². The van der Waals surface area contributed by atoms with Crippen LogP contribution in [0.3, 0.4) is 0 Å². The van der Waals surface area contributed by atoms with Crippen molar-refractivity contribution >= 4 is 11.3 Å². The van der Waals surface area contributed by atoms with Gasteiger partial charge in [-0.1, -0.05) is 30.3 Å². The summed E-state index contributed by atoms with van der Waals surface area (Å²) < 4.78 is 5.53. The van der Waals surface area contributed by atoms with Gasteiger partial charge in [0.1, 0.15) is 0 Å². The summed E-state index contributed by atoms with van der Waals surface area (Å²) in [6.07, 6.45) is 5.97. The summed E-state index contributed by atoms with van der Waals surface area (Å²) in [6.45, 7) is 9.36. The topological polar surface area (TPSA) is 68.3 Å². The molecule has 3 aliphatic heterocycles. The molecule has 3 aliphatic rings. The molecule has 1 aromatic heterocycles. The molecule has 8 heteroatoms. The number of piperazine rings is 1. The van der Waals surface area contributed by atoms with Crippen LogP contribution < -0.4 is 10.7 Å². The van der Waals surface area contributed by atoms with Crippen molar-refractivity contribution in [1.82, 2.24) is 30.4 Å². The highest BCUT2D eigenvalue weighted by atomic mass is 16.5. The van der Waals surface area contributed by atoms with Gasteiger partial charge >= 0.3 is 0 Å². The maximum atomic E-state index is 5.53. The lowest BCUT2D eigenvalue weighted by molar-refractivity contribution is 0.0192. The van der Waals surface area contributed by atoms with Crippen LogP contribution in [0, 0.1) is 0 Å². The second kappa shape index (κ2) is 10.8. The third-order valence-electron chi connectivity index (χ3n) is 6.96. The summed E-state index contributed by atoms with van der Waals surface area (Å²) in [4.78, 5) is 11.6. The zero-order chi connectivity index (χ0) is 23.2. The molecule has 2 saturated heterocycles. The van der Waals surface area contributed by atoms with Crippen molar-refractivity contribution in [1.29, 1.82) is 0 Å². The zero-order valence-electron chi connectivity index (χ0n) is 20.0. The highest BCUT2D eigenvalue weighted by Crippen LogP contribution is 2.32. The van der Waals surface area contributed by atoms with E-state index in [0.29, 0.717) is 0 Å². The smallest absolute Gasteiger partial charge is 0.189 e. The van der Waals surface area contributed by atoms with Crippen molar-refractivity contribution in [2.24, 2.45) is 5.10 Å². The largest absolute Gasteiger partial charge is 0.379 e. The van der Waals surface area contributed by atoms with E-state index >= 15 is 0 Å². The van der Waals surface area contributed by atoms with Crippen molar-refractivity contribution in [3.63, 3.8) is 0 Å². The van der Waals surface area contributed by atoms with Crippen LogP contribution in [0.25, 0.3) is 5.57 Å². The van der Waals surface area contributed by atoms with Crippen LogP contribution in [-0.2, 0) is 4.74 Å². The molecule has 8 nitrogen and oxygen atoms in total. The number of benzene rings is 1. The van der Waals surface area contributed by atoms with Crippen molar-refractivity contribution in [2.45, 2.75) is 5.79 Å². The van der Waals surface area contributed by atoms with Crippen LogP contribution >= 0.6 is 0 Å². The maximum absolute atomic E-state index is 5.53. The molecule has 2 N–H and O–H groups in total. The molecule has 2 aromatic rings. The predicted molar refractivity (Wildman–Crippen MR) is 135 cm³/mol. The fraction of sp³-hybridized carbons (Fsp3) is 0.462. The number of rotatable bonds is 7. The molecule has 0 saturated carbocycles. The van der Waals surface area contributed by atoms with Crippen molar-refractivity contribution < 1.29 is 4.74 Å². The molecule has 0 spiro atoms. The van der Waals surface area contributed by atoms with Gasteiger partial charge in [-0.15, -0.1) is 0 Å². The molecule has 0 aliphatic carbocycles. The van der Waals surface area contributed by atoms with Gasteiger partial charge in [-0.3, -0.25) is 25.5 Å². The fourth-order valence-electron chi connectivity index (χ4n) is 4.90. The van der Waals surface area contributed by atoms with E-state index in [-0.39, 0.29) is 0 Å². The van der Waals surface area contributed by atoms with E-state index in [1.54, 1.807) is 0 Å². The number of hydrogen-bond donors (Lipinski definition) is 2. The van der Waals surface area contributed by atoms with Gasteiger partial charge in [0.25, 0.3) is 0 Å². The van der Waals surface area contributed by atoms with Crippen LogP contribution in [0.5, 0.6) is 0 Å². The van der Waals surface area contributed by atoms with Gasteiger partial charge in [-0.05, 0) is 30.8 Å². The Hall–Kier alpha value is -2.62. The quantitative estimate of drug-likeness (QED) is 0.644. The Bertz CT molecular complexity index is 983. The SMILES string of the molecule is CN1CCN(C2(NCCN3CCOCC3)NN=C(c3ccccc3)C=C2c2ccncc2)CC1. The summed E-state index contributed by atoms with van der Waals surface area (Å²) >= 11 is 0. The third-order valence-corrected chi connectivity index (χ3v) is 6.96. The summed E-state index contributed by atoms with van der Waals surface area (Å²) in [5, 5.41) is 8.82. The van der Waals surface area contributed by atoms with E-state index in [1.807, 2.05) is 18.5 Å². The van der Waals surface area contributed by atoms with Gasteiger partial charge in [0.05, 0.1) is 18.9 Å². The number of likely N-dealkylation sites (N-methyl/N-ethyl adjacent to an activating group) is 1. The number of nitrogens with zero attached hydrogens (tertiary/aromatic N) is 5. The molecule has 1 aromatic carbocycles. The van der Waals surface area contributed by atoms with Crippen LogP contribution in [0.4, 0.5) is 0 Å². The van der Waals surface area contributed by atoms with Crippen molar-refractivity contribution in [3.8, 4) is 0 Å². The Labute approximate surface area is 202 Å². The molecule has 180 valence electrons. The van der Waals surface area contributed by atoms with E-state index in [0.717, 1.165) is 82.4 Å². The first-order valence-corrected chi connectivity index (χ1v) is 12.3. The Morgan fingerprint density at radius 2 is 1.68 bits per heavy atom. The minimum absolute atomic E-state index is 0.590. The summed E-state index contributed by atoms with van der Waals surface area (Å²) in [5.41, 5.74) is 7.96. The van der Waals surface area contributed by atoms with E-state index in [1.165, 1.54) is 5.57 Å². The minimum Gasteiger partial charge on any atom is -0.379 e. The average Bonchev–Trinajstić information content (AvgIpc) is 2.91. The Morgan fingerprint density at radius 3 is 2.41 bits per heavy atom. The zero-order valence-corrected chi connectivity index (χ0v) is 20.0. The van der Waals surface area contributed by atoms with E-state index in [2.05, 4.69) is 79.9 Å². The average molecular weight is 462 g/mol. The van der Waals surface area contributed by atoms with Crippen molar-refractivity contribution in [2.75, 3.05) is 72.6 Å². The van der Waals surface area contributed by atoms with Crippen LogP contribution in [0.1, 0.15) is 11.1 Å². The Balaban J connectivity index is 1.48. The Morgan fingerprint density at radius 1 is 0.941 bits per heavy atom. The lowest BCUT2D eigenvalue weighted by Crippen LogP contribution is -2.71. The molecule has 1 unspecified atom stereocenters. The number of morpholine rings is 1. The van der Waals surface area contributed by atoms with Gasteiger partial charge in [-0.25, -0.2) is 0 Å².